The van der Waals surface area contributed by atoms with Gasteiger partial charge in [0, 0.05) is 12.3 Å². The Labute approximate surface area is 108 Å². The van der Waals surface area contributed by atoms with Gasteiger partial charge in [0.15, 0.2) is 0 Å². The molecule has 0 spiro atoms. The van der Waals surface area contributed by atoms with Crippen LogP contribution in [0.4, 0.5) is 4.39 Å². The van der Waals surface area contributed by atoms with Gasteiger partial charge in [0.1, 0.15) is 15.7 Å². The molecule has 3 nitrogen and oxygen atoms in total. The molecule has 1 unspecified atom stereocenters. The van der Waals surface area contributed by atoms with E-state index >= 15 is 0 Å². The minimum Gasteiger partial charge on any atom is -0.309 e. The summed E-state index contributed by atoms with van der Waals surface area (Å²) in [5.41, 5.74) is 1.90. The van der Waals surface area contributed by atoms with Crippen molar-refractivity contribution in [3.8, 4) is 0 Å². The fourth-order valence-electron chi connectivity index (χ4n) is 2.00. The second-order valence-corrected chi connectivity index (χ2v) is 6.86. The van der Waals surface area contributed by atoms with Crippen LogP contribution in [-0.2, 0) is 9.84 Å². The number of hydrogen-bond acceptors (Lipinski definition) is 3. The summed E-state index contributed by atoms with van der Waals surface area (Å²) in [6.07, 6.45) is 1.21. The zero-order valence-corrected chi connectivity index (χ0v) is 12.1. The number of sulfone groups is 1. The van der Waals surface area contributed by atoms with Crippen LogP contribution >= 0.6 is 0 Å². The van der Waals surface area contributed by atoms with E-state index in [0.29, 0.717) is 17.7 Å². The number of nitrogens with one attached hydrogen (secondary N) is 1. The number of hydrogen-bond donors (Lipinski definition) is 1. The van der Waals surface area contributed by atoms with Gasteiger partial charge in [0.25, 0.3) is 0 Å². The lowest BCUT2D eigenvalue weighted by Crippen LogP contribution is -2.27. The first kappa shape index (κ1) is 15.1. The van der Waals surface area contributed by atoms with Crippen LogP contribution in [0.5, 0.6) is 0 Å². The Morgan fingerprint density at radius 1 is 1.28 bits per heavy atom. The topological polar surface area (TPSA) is 46.2 Å². The maximum atomic E-state index is 13.6. The Balaban J connectivity index is 3.14. The van der Waals surface area contributed by atoms with Crippen LogP contribution in [0, 0.1) is 19.7 Å². The summed E-state index contributed by atoms with van der Waals surface area (Å²) in [5.74, 6) is -0.209. The van der Waals surface area contributed by atoms with Crippen molar-refractivity contribution >= 4 is 9.84 Å². The molecule has 0 aliphatic carbocycles. The molecule has 0 saturated heterocycles. The second kappa shape index (κ2) is 5.80. The van der Waals surface area contributed by atoms with Crippen LogP contribution in [0.25, 0.3) is 0 Å². The van der Waals surface area contributed by atoms with Crippen molar-refractivity contribution in [2.24, 2.45) is 0 Å². The smallest absolute Gasteiger partial charge is 0.149 e. The summed E-state index contributed by atoms with van der Waals surface area (Å²) in [4.78, 5) is 0. The molecule has 1 aromatic rings. The first-order chi connectivity index (χ1) is 8.24. The Kier molecular flexibility index (Phi) is 4.87. The normalized spacial score (nSPS) is 13.6. The molecule has 0 heterocycles. The average molecular weight is 273 g/mol. The fraction of sp³-hybridized carbons (Fsp3) is 0.538. The van der Waals surface area contributed by atoms with Gasteiger partial charge in [-0.1, -0.05) is 19.1 Å². The van der Waals surface area contributed by atoms with Crippen molar-refractivity contribution in [1.29, 1.82) is 0 Å². The molecule has 0 aromatic heterocycles. The van der Waals surface area contributed by atoms with Crippen molar-refractivity contribution in [2.45, 2.75) is 26.8 Å². The fourth-order valence-corrected chi connectivity index (χ4v) is 2.92. The number of rotatable bonds is 5. The molecule has 1 N–H and O–H groups in total. The molecule has 0 aliphatic rings. The van der Waals surface area contributed by atoms with E-state index in [2.05, 4.69) is 5.32 Å². The third-order valence-corrected chi connectivity index (χ3v) is 3.72. The Hall–Kier alpha value is -0.940. The molecule has 1 aromatic carbocycles. The highest BCUT2D eigenvalue weighted by Crippen LogP contribution is 2.21. The maximum absolute atomic E-state index is 13.6. The van der Waals surface area contributed by atoms with Crippen LogP contribution in [-0.4, -0.2) is 27.0 Å². The molecule has 0 saturated carbocycles. The highest BCUT2D eigenvalue weighted by molar-refractivity contribution is 7.90. The predicted octanol–water partition coefficient (Wildman–Crippen LogP) is 2.14. The molecular formula is C13H20FNO2S. The molecule has 1 rings (SSSR count). The number of benzene rings is 1. The van der Waals surface area contributed by atoms with Gasteiger partial charge in [-0.15, -0.1) is 0 Å². The van der Waals surface area contributed by atoms with Gasteiger partial charge in [-0.2, -0.15) is 0 Å². The summed E-state index contributed by atoms with van der Waals surface area (Å²) in [5, 5.41) is 3.13. The molecule has 0 aliphatic heterocycles. The second-order valence-electron chi connectivity index (χ2n) is 4.67. The Morgan fingerprint density at radius 3 is 2.17 bits per heavy atom. The van der Waals surface area contributed by atoms with Crippen molar-refractivity contribution in [3.63, 3.8) is 0 Å². The summed E-state index contributed by atoms with van der Waals surface area (Å²) >= 11 is 0. The van der Waals surface area contributed by atoms with Gasteiger partial charge in [-0.3, -0.25) is 0 Å². The molecular weight excluding hydrogens is 253 g/mol. The van der Waals surface area contributed by atoms with Crippen LogP contribution in [0.1, 0.15) is 29.7 Å². The molecule has 1 atom stereocenters. The van der Waals surface area contributed by atoms with Gasteiger partial charge < -0.3 is 5.32 Å². The Morgan fingerprint density at radius 2 is 1.78 bits per heavy atom. The molecule has 0 radical (unpaired) electrons. The summed E-state index contributed by atoms with van der Waals surface area (Å²) in [6.45, 7) is 5.96. The highest BCUT2D eigenvalue weighted by Gasteiger charge is 2.18. The van der Waals surface area contributed by atoms with Gasteiger partial charge in [-0.05, 0) is 37.1 Å². The highest BCUT2D eigenvalue weighted by atomic mass is 32.2. The van der Waals surface area contributed by atoms with E-state index in [1.807, 2.05) is 6.92 Å². The summed E-state index contributed by atoms with van der Waals surface area (Å²) in [7, 11) is -3.09. The lowest BCUT2D eigenvalue weighted by atomic mass is 10.0. The van der Waals surface area contributed by atoms with Crippen molar-refractivity contribution in [1.82, 2.24) is 5.32 Å². The zero-order chi connectivity index (χ0) is 13.9. The minimum atomic E-state index is -3.09. The molecule has 18 heavy (non-hydrogen) atoms. The maximum Gasteiger partial charge on any atom is 0.149 e. The van der Waals surface area contributed by atoms with Gasteiger partial charge in [0.2, 0.25) is 0 Å². The third-order valence-electron chi connectivity index (χ3n) is 2.78. The number of aryl methyl sites for hydroxylation is 2. The molecule has 0 amide bonds. The lowest BCUT2D eigenvalue weighted by Gasteiger charge is -2.19. The molecule has 0 bridgehead atoms. The predicted molar refractivity (Wildman–Crippen MR) is 72.0 cm³/mol. The van der Waals surface area contributed by atoms with Crippen molar-refractivity contribution in [2.75, 3.05) is 18.6 Å². The number of halogens is 1. The first-order valence-corrected chi connectivity index (χ1v) is 7.98. The monoisotopic (exact) mass is 273 g/mol. The summed E-state index contributed by atoms with van der Waals surface area (Å²) < 4.78 is 36.4. The van der Waals surface area contributed by atoms with E-state index in [1.54, 1.807) is 26.0 Å². The van der Waals surface area contributed by atoms with Crippen LogP contribution in [0.3, 0.4) is 0 Å². The quantitative estimate of drug-likeness (QED) is 0.894. The average Bonchev–Trinajstić information content (AvgIpc) is 2.23. The lowest BCUT2D eigenvalue weighted by molar-refractivity contribution is 0.560. The van der Waals surface area contributed by atoms with Crippen molar-refractivity contribution in [3.05, 3.63) is 34.6 Å². The van der Waals surface area contributed by atoms with Gasteiger partial charge >= 0.3 is 0 Å². The largest absolute Gasteiger partial charge is 0.309 e. The first-order valence-electron chi connectivity index (χ1n) is 5.92. The van der Waals surface area contributed by atoms with Crippen molar-refractivity contribution < 1.29 is 12.8 Å². The summed E-state index contributed by atoms with van der Waals surface area (Å²) in [6, 6.07) is 3.13. The van der Waals surface area contributed by atoms with Gasteiger partial charge in [-0.25, -0.2) is 12.8 Å². The van der Waals surface area contributed by atoms with E-state index < -0.39 is 9.84 Å². The van der Waals surface area contributed by atoms with E-state index in [1.165, 1.54) is 6.26 Å². The zero-order valence-electron chi connectivity index (χ0n) is 11.2. The van der Waals surface area contributed by atoms with E-state index in [-0.39, 0.29) is 17.6 Å². The van der Waals surface area contributed by atoms with Crippen LogP contribution < -0.4 is 5.32 Å². The van der Waals surface area contributed by atoms with E-state index in [0.717, 1.165) is 5.56 Å². The molecule has 5 heteroatoms. The molecule has 0 fully saturated rings. The van der Waals surface area contributed by atoms with Crippen LogP contribution in [0.15, 0.2) is 12.1 Å². The minimum absolute atomic E-state index is 0.0192. The van der Waals surface area contributed by atoms with Gasteiger partial charge in [0.05, 0.1) is 5.75 Å². The van der Waals surface area contributed by atoms with Crippen LogP contribution in [0.2, 0.25) is 0 Å². The van der Waals surface area contributed by atoms with E-state index in [9.17, 15) is 12.8 Å². The van der Waals surface area contributed by atoms with E-state index in [4.69, 9.17) is 0 Å². The SMILES string of the molecule is CCNC(CS(C)(=O)=O)c1cc(C)c(F)c(C)c1. The Bertz CT molecular complexity index is 503. The third kappa shape index (κ3) is 4.07. The molecule has 102 valence electrons. The standard InChI is InChI=1S/C13H20FNO2S/c1-5-15-12(8-18(4,16)17)11-6-9(2)13(14)10(3)7-11/h6-7,12,15H,5,8H2,1-4H3.